The lowest BCUT2D eigenvalue weighted by Crippen LogP contribution is -1.94. The summed E-state index contributed by atoms with van der Waals surface area (Å²) in [6.45, 7) is 2.10. The summed E-state index contributed by atoms with van der Waals surface area (Å²) in [5, 5.41) is 0. The highest BCUT2D eigenvalue weighted by Gasteiger charge is 2.03. The van der Waals surface area contributed by atoms with Gasteiger partial charge in [-0.15, -0.1) is 0 Å². The smallest absolute Gasteiger partial charge is 0.187 e. The van der Waals surface area contributed by atoms with Gasteiger partial charge >= 0.3 is 0 Å². The molecule has 0 aliphatic rings. The maximum atomic E-state index is 12.1. The lowest BCUT2D eigenvalue weighted by Gasteiger charge is -2.06. The van der Waals surface area contributed by atoms with Gasteiger partial charge in [-0.3, -0.25) is 9.78 Å². The Bertz CT molecular complexity index is 850. The van der Waals surface area contributed by atoms with Crippen molar-refractivity contribution >= 4 is 11.9 Å². The fraction of sp³-hybridized carbons (Fsp3) is 0.0476. The Hall–Kier alpha value is -3.00. The zero-order chi connectivity index (χ0) is 16.1. The van der Waals surface area contributed by atoms with Crippen LogP contribution in [-0.4, -0.2) is 10.8 Å². The number of ketones is 1. The summed E-state index contributed by atoms with van der Waals surface area (Å²) in [5.74, 6) is -0.0422. The van der Waals surface area contributed by atoms with Crippen molar-refractivity contribution in [3.63, 3.8) is 0 Å². The third kappa shape index (κ3) is 3.61. The predicted molar refractivity (Wildman–Crippen MR) is 94.2 cm³/mol. The van der Waals surface area contributed by atoms with Gasteiger partial charge in [0, 0.05) is 18.0 Å². The average molecular weight is 299 g/mol. The fourth-order valence-electron chi connectivity index (χ4n) is 2.48. The second-order valence-corrected chi connectivity index (χ2v) is 5.38. The highest BCUT2D eigenvalue weighted by Crippen LogP contribution is 2.24. The van der Waals surface area contributed by atoms with E-state index in [1.54, 1.807) is 30.6 Å². The third-order valence-electron chi connectivity index (χ3n) is 3.72. The Kier molecular flexibility index (Phi) is 4.44. The molecule has 0 amide bonds. The molecule has 0 saturated heterocycles. The van der Waals surface area contributed by atoms with E-state index in [-0.39, 0.29) is 5.78 Å². The molecule has 0 unspecified atom stereocenters. The number of hydrogen-bond donors (Lipinski definition) is 0. The van der Waals surface area contributed by atoms with Gasteiger partial charge < -0.3 is 0 Å². The Balaban J connectivity index is 1.85. The molecule has 0 bridgehead atoms. The number of rotatable bonds is 4. The van der Waals surface area contributed by atoms with E-state index >= 15 is 0 Å². The van der Waals surface area contributed by atoms with Crippen molar-refractivity contribution in [2.75, 3.05) is 0 Å². The lowest BCUT2D eigenvalue weighted by atomic mass is 9.99. The topological polar surface area (TPSA) is 30.0 Å². The van der Waals surface area contributed by atoms with Crippen molar-refractivity contribution in [3.8, 4) is 11.1 Å². The number of benzene rings is 2. The molecule has 0 aliphatic heterocycles. The van der Waals surface area contributed by atoms with Crippen LogP contribution in [0.4, 0.5) is 0 Å². The van der Waals surface area contributed by atoms with E-state index < -0.39 is 0 Å². The van der Waals surface area contributed by atoms with E-state index in [2.05, 4.69) is 36.2 Å². The van der Waals surface area contributed by atoms with Crippen LogP contribution in [0.5, 0.6) is 0 Å². The van der Waals surface area contributed by atoms with Crippen LogP contribution in [0.25, 0.3) is 17.2 Å². The molecule has 3 aromatic rings. The zero-order valence-electron chi connectivity index (χ0n) is 12.9. The van der Waals surface area contributed by atoms with E-state index in [9.17, 15) is 4.79 Å². The molecule has 2 aromatic carbocycles. The maximum absolute atomic E-state index is 12.1. The van der Waals surface area contributed by atoms with Crippen LogP contribution < -0.4 is 0 Å². The molecule has 0 aliphatic carbocycles. The second-order valence-electron chi connectivity index (χ2n) is 5.38. The van der Waals surface area contributed by atoms with Crippen molar-refractivity contribution in [3.05, 3.63) is 95.8 Å². The maximum Gasteiger partial charge on any atom is 0.187 e. The number of allylic oxidation sites excluding steroid dienone is 1. The molecule has 3 rings (SSSR count). The number of aromatic nitrogens is 1. The molecule has 0 saturated carbocycles. The summed E-state index contributed by atoms with van der Waals surface area (Å²) in [6, 6.07) is 20.0. The number of hydrogen-bond acceptors (Lipinski definition) is 2. The minimum absolute atomic E-state index is 0.0422. The van der Waals surface area contributed by atoms with Gasteiger partial charge in [0.05, 0.1) is 0 Å². The minimum atomic E-state index is -0.0422. The molecule has 1 heterocycles. The molecule has 0 spiro atoms. The quantitative estimate of drug-likeness (QED) is 0.504. The average Bonchev–Trinajstić information content (AvgIpc) is 2.61. The van der Waals surface area contributed by atoms with Crippen molar-refractivity contribution in [2.24, 2.45) is 0 Å². The molecule has 2 nitrogen and oxygen atoms in total. The highest BCUT2D eigenvalue weighted by atomic mass is 16.1. The van der Waals surface area contributed by atoms with Gasteiger partial charge in [-0.05, 0) is 53.5 Å². The molecule has 0 radical (unpaired) electrons. The van der Waals surface area contributed by atoms with Crippen LogP contribution in [0.2, 0.25) is 0 Å². The fourth-order valence-corrected chi connectivity index (χ4v) is 2.48. The molecule has 0 atom stereocenters. The summed E-state index contributed by atoms with van der Waals surface area (Å²) in [4.78, 5) is 16.1. The van der Waals surface area contributed by atoms with E-state index in [0.29, 0.717) is 5.56 Å². The van der Waals surface area contributed by atoms with Crippen LogP contribution in [0.15, 0.2) is 79.1 Å². The van der Waals surface area contributed by atoms with Gasteiger partial charge in [-0.1, -0.05) is 48.5 Å². The Morgan fingerprint density at radius 2 is 1.87 bits per heavy atom. The number of carbonyl (C=O) groups is 1. The number of aryl methyl sites for hydroxylation is 1. The summed E-state index contributed by atoms with van der Waals surface area (Å²) >= 11 is 0. The third-order valence-corrected chi connectivity index (χ3v) is 3.72. The van der Waals surface area contributed by atoms with Crippen LogP contribution in [0.1, 0.15) is 21.5 Å². The zero-order valence-corrected chi connectivity index (χ0v) is 12.9. The molecule has 0 fully saturated rings. The van der Waals surface area contributed by atoms with Crippen LogP contribution in [-0.2, 0) is 0 Å². The first-order valence-electron chi connectivity index (χ1n) is 7.52. The van der Waals surface area contributed by atoms with Gasteiger partial charge in [0.25, 0.3) is 0 Å². The van der Waals surface area contributed by atoms with E-state index in [1.165, 1.54) is 11.1 Å². The molecule has 23 heavy (non-hydrogen) atoms. The number of nitrogens with zero attached hydrogens (tertiary/aromatic N) is 1. The van der Waals surface area contributed by atoms with Gasteiger partial charge in [0.1, 0.15) is 0 Å². The summed E-state index contributed by atoms with van der Waals surface area (Å²) in [5.41, 5.74) is 5.20. The van der Waals surface area contributed by atoms with Crippen molar-refractivity contribution in [1.82, 2.24) is 4.98 Å². The SMILES string of the molecule is Cc1ccccc1-c1cccc(/C=C/C(=O)c2cccnc2)c1. The van der Waals surface area contributed by atoms with E-state index in [1.807, 2.05) is 30.3 Å². The van der Waals surface area contributed by atoms with Crippen molar-refractivity contribution in [2.45, 2.75) is 6.92 Å². The van der Waals surface area contributed by atoms with Crippen LogP contribution in [0.3, 0.4) is 0 Å². The first kappa shape index (κ1) is 14.9. The van der Waals surface area contributed by atoms with Gasteiger partial charge in [-0.25, -0.2) is 0 Å². The van der Waals surface area contributed by atoms with Crippen LogP contribution >= 0.6 is 0 Å². The molecule has 1 aromatic heterocycles. The van der Waals surface area contributed by atoms with Gasteiger partial charge in [0.15, 0.2) is 5.78 Å². The predicted octanol–water partition coefficient (Wildman–Crippen LogP) is 4.95. The summed E-state index contributed by atoms with van der Waals surface area (Å²) in [6.07, 6.45) is 6.67. The molecular formula is C21H17NO. The molecule has 0 N–H and O–H groups in total. The standard InChI is InChI=1S/C21H17NO/c1-16-6-2-3-10-20(16)18-8-4-7-17(14-18)11-12-21(23)19-9-5-13-22-15-19/h2-15H,1H3/b12-11+. The minimum Gasteiger partial charge on any atom is -0.289 e. The van der Waals surface area contributed by atoms with Gasteiger partial charge in [0.2, 0.25) is 0 Å². The largest absolute Gasteiger partial charge is 0.289 e. The lowest BCUT2D eigenvalue weighted by molar-refractivity contribution is 0.104. The van der Waals surface area contributed by atoms with Crippen molar-refractivity contribution in [1.29, 1.82) is 0 Å². The summed E-state index contributed by atoms with van der Waals surface area (Å²) < 4.78 is 0. The van der Waals surface area contributed by atoms with Gasteiger partial charge in [-0.2, -0.15) is 0 Å². The molecule has 2 heteroatoms. The van der Waals surface area contributed by atoms with E-state index in [4.69, 9.17) is 0 Å². The van der Waals surface area contributed by atoms with E-state index in [0.717, 1.165) is 11.1 Å². The first-order valence-corrected chi connectivity index (χ1v) is 7.52. The number of carbonyl (C=O) groups excluding carboxylic acids is 1. The molecule has 112 valence electrons. The molecular weight excluding hydrogens is 282 g/mol. The number of pyridine rings is 1. The highest BCUT2D eigenvalue weighted by molar-refractivity contribution is 6.06. The second kappa shape index (κ2) is 6.84. The van der Waals surface area contributed by atoms with Crippen molar-refractivity contribution < 1.29 is 4.79 Å². The Morgan fingerprint density at radius 3 is 2.65 bits per heavy atom. The first-order chi connectivity index (χ1) is 11.2. The monoisotopic (exact) mass is 299 g/mol. The normalized spacial score (nSPS) is 10.8. The Labute approximate surface area is 136 Å². The summed E-state index contributed by atoms with van der Waals surface area (Å²) in [7, 11) is 0. The Morgan fingerprint density at radius 1 is 1.00 bits per heavy atom. The van der Waals surface area contributed by atoms with Crippen LogP contribution in [0, 0.1) is 6.92 Å².